The maximum absolute atomic E-state index is 3.45. The fourth-order valence-corrected chi connectivity index (χ4v) is 2.37. The van der Waals surface area contributed by atoms with Crippen molar-refractivity contribution in [2.24, 2.45) is 5.92 Å². The summed E-state index contributed by atoms with van der Waals surface area (Å²) in [5.74, 6) is 7.40. The number of hydrogen-bond acceptors (Lipinski definition) is 0. The van der Waals surface area contributed by atoms with Crippen LogP contribution in [0.2, 0.25) is 0 Å². The Labute approximate surface area is 105 Å². The number of rotatable bonds is 4. The first kappa shape index (κ1) is 12.2. The molecule has 1 aliphatic rings. The molecule has 0 spiro atoms. The third-order valence-corrected chi connectivity index (χ3v) is 3.85. The molecule has 1 aromatic carbocycles. The van der Waals surface area contributed by atoms with Gasteiger partial charge in [0.05, 0.1) is 0 Å². The molecule has 17 heavy (non-hydrogen) atoms. The molecular formula is C17H22. The zero-order valence-electron chi connectivity index (χ0n) is 11.0. The van der Waals surface area contributed by atoms with E-state index in [2.05, 4.69) is 56.0 Å². The fourth-order valence-electron chi connectivity index (χ4n) is 2.37. The largest absolute Gasteiger partial charge is 0.103 e. The first-order valence-electron chi connectivity index (χ1n) is 6.81. The lowest BCUT2D eigenvalue weighted by atomic mass is 9.96. The van der Waals surface area contributed by atoms with Gasteiger partial charge in [-0.25, -0.2) is 0 Å². The van der Waals surface area contributed by atoms with E-state index in [1.54, 1.807) is 0 Å². The van der Waals surface area contributed by atoms with Crippen molar-refractivity contribution < 1.29 is 0 Å². The molecule has 0 radical (unpaired) electrons. The summed E-state index contributed by atoms with van der Waals surface area (Å²) in [6.45, 7) is 4.58. The lowest BCUT2D eigenvalue weighted by molar-refractivity contribution is 0.732. The Kier molecular flexibility index (Phi) is 3.89. The fraction of sp³-hybridized carbons (Fsp3) is 0.529. The van der Waals surface area contributed by atoms with Gasteiger partial charge in [0.2, 0.25) is 0 Å². The average Bonchev–Trinajstić information content (AvgIpc) is 3.03. The van der Waals surface area contributed by atoms with Crippen molar-refractivity contribution in [2.45, 2.75) is 51.4 Å². The monoisotopic (exact) mass is 226 g/mol. The Morgan fingerprint density at radius 2 is 2.00 bits per heavy atom. The van der Waals surface area contributed by atoms with Gasteiger partial charge in [-0.05, 0) is 18.4 Å². The van der Waals surface area contributed by atoms with Crippen LogP contribution in [0.3, 0.4) is 0 Å². The van der Waals surface area contributed by atoms with Gasteiger partial charge < -0.3 is 0 Å². The summed E-state index contributed by atoms with van der Waals surface area (Å²) >= 11 is 0. The van der Waals surface area contributed by atoms with Crippen molar-refractivity contribution in [1.29, 1.82) is 0 Å². The van der Waals surface area contributed by atoms with Gasteiger partial charge in [-0.3, -0.25) is 0 Å². The maximum Gasteiger partial charge on any atom is 0.0306 e. The molecule has 1 saturated carbocycles. The summed E-state index contributed by atoms with van der Waals surface area (Å²) < 4.78 is 0. The molecule has 2 rings (SSSR count). The standard InChI is InChI=1S/C17H22/c1-3-4-5-6-8-13-16-14-17(16,2)15-11-9-7-10-12-15/h7,9-12,16H,3-6,14H2,1-2H3/t16-,17+/m1/s1. The van der Waals surface area contributed by atoms with Crippen LogP contribution in [0, 0.1) is 17.8 Å². The van der Waals surface area contributed by atoms with Gasteiger partial charge in [-0.15, -0.1) is 5.92 Å². The highest BCUT2D eigenvalue weighted by Crippen LogP contribution is 2.53. The lowest BCUT2D eigenvalue weighted by Crippen LogP contribution is -2.02. The van der Waals surface area contributed by atoms with Crippen molar-refractivity contribution in [3.63, 3.8) is 0 Å². The van der Waals surface area contributed by atoms with Gasteiger partial charge in [-0.2, -0.15) is 0 Å². The molecule has 1 aliphatic carbocycles. The normalized spacial score (nSPS) is 26.1. The minimum absolute atomic E-state index is 0.332. The van der Waals surface area contributed by atoms with Crippen molar-refractivity contribution >= 4 is 0 Å². The second-order valence-electron chi connectivity index (χ2n) is 5.32. The number of benzene rings is 1. The third-order valence-electron chi connectivity index (χ3n) is 3.85. The van der Waals surface area contributed by atoms with Crippen molar-refractivity contribution in [2.75, 3.05) is 0 Å². The SMILES string of the molecule is CCCCCC#C[C@@H]1C[C@@]1(C)c1ccccc1. The second-order valence-corrected chi connectivity index (χ2v) is 5.32. The molecule has 0 nitrogen and oxygen atoms in total. The highest BCUT2D eigenvalue weighted by Gasteiger charge is 2.50. The molecule has 0 saturated heterocycles. The van der Waals surface area contributed by atoms with Crippen LogP contribution in [0.4, 0.5) is 0 Å². The van der Waals surface area contributed by atoms with Gasteiger partial charge >= 0.3 is 0 Å². The van der Waals surface area contributed by atoms with Gasteiger partial charge in [0.25, 0.3) is 0 Å². The summed E-state index contributed by atoms with van der Waals surface area (Å²) in [4.78, 5) is 0. The number of unbranched alkanes of at least 4 members (excludes halogenated alkanes) is 3. The van der Waals surface area contributed by atoms with Crippen LogP contribution in [0.1, 0.15) is 51.5 Å². The van der Waals surface area contributed by atoms with E-state index in [4.69, 9.17) is 0 Å². The van der Waals surface area contributed by atoms with Gasteiger partial charge in [0, 0.05) is 17.8 Å². The van der Waals surface area contributed by atoms with Crippen LogP contribution in [0.15, 0.2) is 30.3 Å². The Bertz CT molecular complexity index is 407. The van der Waals surface area contributed by atoms with E-state index in [0.717, 1.165) is 6.42 Å². The van der Waals surface area contributed by atoms with Crippen LogP contribution < -0.4 is 0 Å². The van der Waals surface area contributed by atoms with Gasteiger partial charge in [-0.1, -0.05) is 62.9 Å². The summed E-state index contributed by atoms with van der Waals surface area (Å²) in [5, 5.41) is 0. The van der Waals surface area contributed by atoms with Gasteiger partial charge in [0.15, 0.2) is 0 Å². The number of hydrogen-bond donors (Lipinski definition) is 0. The summed E-state index contributed by atoms with van der Waals surface area (Å²) in [6.07, 6.45) is 6.17. The van der Waals surface area contributed by atoms with E-state index in [9.17, 15) is 0 Å². The predicted octanol–water partition coefficient (Wildman–Crippen LogP) is 4.55. The second kappa shape index (κ2) is 5.41. The molecule has 0 amide bonds. The van der Waals surface area contributed by atoms with Gasteiger partial charge in [0.1, 0.15) is 0 Å². The van der Waals surface area contributed by atoms with Crippen molar-refractivity contribution in [1.82, 2.24) is 0 Å². The quantitative estimate of drug-likeness (QED) is 0.522. The van der Waals surface area contributed by atoms with Crippen LogP contribution in [0.5, 0.6) is 0 Å². The van der Waals surface area contributed by atoms with E-state index in [1.807, 2.05) is 0 Å². The summed E-state index contributed by atoms with van der Waals surface area (Å²) in [6, 6.07) is 10.8. The molecular weight excluding hydrogens is 204 g/mol. The Morgan fingerprint density at radius 3 is 2.71 bits per heavy atom. The molecule has 0 heterocycles. The minimum Gasteiger partial charge on any atom is -0.103 e. The molecule has 0 unspecified atom stereocenters. The van der Waals surface area contributed by atoms with Crippen LogP contribution in [-0.2, 0) is 5.41 Å². The molecule has 1 aromatic rings. The minimum atomic E-state index is 0.332. The van der Waals surface area contributed by atoms with E-state index >= 15 is 0 Å². The molecule has 2 atom stereocenters. The molecule has 0 aromatic heterocycles. The zero-order chi connectivity index (χ0) is 12.1. The van der Waals surface area contributed by atoms with E-state index in [-0.39, 0.29) is 0 Å². The molecule has 1 fully saturated rings. The van der Waals surface area contributed by atoms with E-state index in [1.165, 1.54) is 31.2 Å². The van der Waals surface area contributed by atoms with Crippen LogP contribution >= 0.6 is 0 Å². The molecule has 90 valence electrons. The third kappa shape index (κ3) is 2.91. The van der Waals surface area contributed by atoms with Crippen LogP contribution in [-0.4, -0.2) is 0 Å². The smallest absolute Gasteiger partial charge is 0.0306 e. The predicted molar refractivity (Wildman–Crippen MR) is 73.8 cm³/mol. The Balaban J connectivity index is 1.87. The van der Waals surface area contributed by atoms with Crippen molar-refractivity contribution in [3.8, 4) is 11.8 Å². The van der Waals surface area contributed by atoms with E-state index in [0.29, 0.717) is 11.3 Å². The Morgan fingerprint density at radius 1 is 1.24 bits per heavy atom. The zero-order valence-corrected chi connectivity index (χ0v) is 11.0. The Hall–Kier alpha value is -1.22. The van der Waals surface area contributed by atoms with E-state index < -0.39 is 0 Å². The first-order chi connectivity index (χ1) is 8.27. The molecule has 0 bridgehead atoms. The lowest BCUT2D eigenvalue weighted by Gasteiger charge is -2.08. The maximum atomic E-state index is 3.45. The molecule has 0 heteroatoms. The molecule has 0 N–H and O–H groups in total. The average molecular weight is 226 g/mol. The first-order valence-corrected chi connectivity index (χ1v) is 6.81. The summed E-state index contributed by atoms with van der Waals surface area (Å²) in [5.41, 5.74) is 1.78. The molecule has 0 aliphatic heterocycles. The highest BCUT2D eigenvalue weighted by atomic mass is 14.5. The topological polar surface area (TPSA) is 0 Å². The highest BCUT2D eigenvalue weighted by molar-refractivity contribution is 5.37. The summed E-state index contributed by atoms with van der Waals surface area (Å²) in [7, 11) is 0. The van der Waals surface area contributed by atoms with Crippen molar-refractivity contribution in [3.05, 3.63) is 35.9 Å². The van der Waals surface area contributed by atoms with Crippen LogP contribution in [0.25, 0.3) is 0 Å².